The molecule has 0 atom stereocenters. The number of para-hydroxylation sites is 1. The van der Waals surface area contributed by atoms with E-state index in [0.29, 0.717) is 21.6 Å². The molecule has 0 aliphatic heterocycles. The number of hydrogen-bond donors (Lipinski definition) is 0. The third-order valence-corrected chi connectivity index (χ3v) is 3.83. The van der Waals surface area contributed by atoms with Gasteiger partial charge in [-0.3, -0.25) is 4.79 Å². The third kappa shape index (κ3) is 2.39. The Kier molecular flexibility index (Phi) is 3.08. The maximum absolute atomic E-state index is 11.7. The van der Waals surface area contributed by atoms with Crippen LogP contribution in [0.25, 0.3) is 4.96 Å². The van der Waals surface area contributed by atoms with Gasteiger partial charge < -0.3 is 4.74 Å². The Morgan fingerprint density at radius 1 is 1.37 bits per heavy atom. The zero-order valence-corrected chi connectivity index (χ0v) is 12.2. The summed E-state index contributed by atoms with van der Waals surface area (Å²) in [5, 5.41) is 4.48. The molecule has 1 aromatic carbocycles. The second-order valence-corrected chi connectivity index (χ2v) is 5.60. The highest BCUT2D eigenvalue weighted by atomic mass is 79.9. The van der Waals surface area contributed by atoms with E-state index in [1.165, 1.54) is 21.9 Å². The van der Waals surface area contributed by atoms with Gasteiger partial charge in [-0.1, -0.05) is 12.1 Å². The smallest absolute Gasteiger partial charge is 0.300 e. The Hall–Kier alpha value is -1.73. The van der Waals surface area contributed by atoms with Crippen LogP contribution in [0, 0.1) is 6.92 Å². The molecule has 0 N–H and O–H groups in total. The monoisotopic (exact) mass is 337 g/mol. The van der Waals surface area contributed by atoms with Crippen LogP contribution >= 0.6 is 27.3 Å². The lowest BCUT2D eigenvalue weighted by molar-refractivity contribution is 0.466. The number of fused-ring (bicyclic) bond motifs is 1. The van der Waals surface area contributed by atoms with E-state index in [2.05, 4.69) is 26.0 Å². The molecule has 0 amide bonds. The van der Waals surface area contributed by atoms with E-state index < -0.39 is 0 Å². The Bertz CT molecular complexity index is 812. The first kappa shape index (κ1) is 12.3. The fraction of sp³-hybridized carbons (Fsp3) is 0.0833. The van der Waals surface area contributed by atoms with Crippen molar-refractivity contribution in [1.82, 2.24) is 14.6 Å². The molecule has 0 spiro atoms. The zero-order chi connectivity index (χ0) is 13.4. The minimum absolute atomic E-state index is 0.208. The van der Waals surface area contributed by atoms with Gasteiger partial charge in [-0.25, -0.2) is 4.98 Å². The zero-order valence-electron chi connectivity index (χ0n) is 9.83. The lowest BCUT2D eigenvalue weighted by atomic mass is 10.3. The van der Waals surface area contributed by atoms with Crippen LogP contribution in [-0.4, -0.2) is 14.6 Å². The molecule has 7 heteroatoms. The molecule has 0 aliphatic rings. The van der Waals surface area contributed by atoms with Crippen molar-refractivity contribution in [1.29, 1.82) is 0 Å². The van der Waals surface area contributed by atoms with Crippen LogP contribution in [0.4, 0.5) is 0 Å². The predicted molar refractivity (Wildman–Crippen MR) is 76.1 cm³/mol. The minimum atomic E-state index is -0.208. The average molecular weight is 338 g/mol. The summed E-state index contributed by atoms with van der Waals surface area (Å²) in [7, 11) is 0. The summed E-state index contributed by atoms with van der Waals surface area (Å²) in [5.41, 5.74) is 0.460. The molecule has 5 nitrogen and oxygen atoms in total. The van der Waals surface area contributed by atoms with Crippen molar-refractivity contribution in [3.8, 4) is 10.9 Å². The van der Waals surface area contributed by atoms with Gasteiger partial charge in [0.05, 0.1) is 4.47 Å². The predicted octanol–water partition coefficient (Wildman–Crippen LogP) is 3.01. The number of hydrogen-bond acceptors (Lipinski definition) is 5. The van der Waals surface area contributed by atoms with Gasteiger partial charge in [0.1, 0.15) is 5.75 Å². The number of benzene rings is 1. The van der Waals surface area contributed by atoms with Crippen molar-refractivity contribution >= 4 is 32.2 Å². The van der Waals surface area contributed by atoms with Gasteiger partial charge in [-0.15, -0.1) is 5.10 Å². The summed E-state index contributed by atoms with van der Waals surface area (Å²) >= 11 is 4.62. The highest BCUT2D eigenvalue weighted by molar-refractivity contribution is 9.10. The molecule has 0 bridgehead atoms. The van der Waals surface area contributed by atoms with E-state index in [-0.39, 0.29) is 5.56 Å². The van der Waals surface area contributed by atoms with Crippen molar-refractivity contribution < 1.29 is 4.74 Å². The van der Waals surface area contributed by atoms with Crippen LogP contribution < -0.4 is 10.3 Å². The van der Waals surface area contributed by atoms with Crippen LogP contribution in [0.1, 0.15) is 5.69 Å². The molecule has 0 saturated heterocycles. The van der Waals surface area contributed by atoms with Gasteiger partial charge in [-0.05, 0) is 46.3 Å². The van der Waals surface area contributed by atoms with Crippen LogP contribution in [0.3, 0.4) is 0 Å². The van der Waals surface area contributed by atoms with Gasteiger partial charge >= 0.3 is 0 Å². The molecule has 3 rings (SSSR count). The van der Waals surface area contributed by atoms with E-state index in [4.69, 9.17) is 4.74 Å². The van der Waals surface area contributed by atoms with Crippen molar-refractivity contribution in [2.75, 3.05) is 0 Å². The Labute approximate surface area is 120 Å². The van der Waals surface area contributed by atoms with Crippen molar-refractivity contribution in [2.24, 2.45) is 0 Å². The largest absolute Gasteiger partial charge is 0.429 e. The first-order valence-corrected chi connectivity index (χ1v) is 7.04. The van der Waals surface area contributed by atoms with Crippen LogP contribution in [0.5, 0.6) is 10.9 Å². The topological polar surface area (TPSA) is 56.5 Å². The highest BCUT2D eigenvalue weighted by Crippen LogP contribution is 2.31. The molecule has 0 radical (unpaired) electrons. The lowest BCUT2D eigenvalue weighted by Gasteiger charge is -2.02. The molecule has 0 aliphatic carbocycles. The molecule has 2 aromatic heterocycles. The summed E-state index contributed by atoms with van der Waals surface area (Å²) in [4.78, 5) is 16.5. The maximum Gasteiger partial charge on any atom is 0.300 e. The standard InChI is InChI=1S/C12H8BrN3O2S/c1-7-6-10(17)16-11(14-7)19-12(15-16)18-9-5-3-2-4-8(9)13/h2-6H,1H3. The number of halogens is 1. The van der Waals surface area contributed by atoms with Gasteiger partial charge in [0, 0.05) is 11.8 Å². The van der Waals surface area contributed by atoms with Gasteiger partial charge in [0.2, 0.25) is 4.96 Å². The van der Waals surface area contributed by atoms with E-state index in [9.17, 15) is 4.79 Å². The number of ether oxygens (including phenoxy) is 1. The first-order chi connectivity index (χ1) is 9.13. The SMILES string of the molecule is Cc1cc(=O)n2nc(Oc3ccccc3Br)sc2n1. The second kappa shape index (κ2) is 4.75. The van der Waals surface area contributed by atoms with E-state index in [1.807, 2.05) is 24.3 Å². The lowest BCUT2D eigenvalue weighted by Crippen LogP contribution is -2.14. The fourth-order valence-electron chi connectivity index (χ4n) is 1.57. The van der Waals surface area contributed by atoms with E-state index >= 15 is 0 Å². The quantitative estimate of drug-likeness (QED) is 0.721. The maximum atomic E-state index is 11.7. The molecule has 19 heavy (non-hydrogen) atoms. The number of rotatable bonds is 2. The Morgan fingerprint density at radius 2 is 2.16 bits per heavy atom. The van der Waals surface area contributed by atoms with Gasteiger partial charge in [-0.2, -0.15) is 4.52 Å². The molecular weight excluding hydrogens is 330 g/mol. The summed E-state index contributed by atoms with van der Waals surface area (Å²) in [6.45, 7) is 1.77. The second-order valence-electron chi connectivity index (χ2n) is 3.83. The van der Waals surface area contributed by atoms with E-state index in [1.54, 1.807) is 6.92 Å². The number of nitrogens with zero attached hydrogens (tertiary/aromatic N) is 3. The summed E-state index contributed by atoms with van der Waals surface area (Å²) in [6, 6.07) is 8.89. The average Bonchev–Trinajstić information content (AvgIpc) is 2.75. The Balaban J connectivity index is 2.05. The van der Waals surface area contributed by atoms with Crippen LogP contribution in [0.2, 0.25) is 0 Å². The molecule has 0 fully saturated rings. The van der Waals surface area contributed by atoms with Crippen LogP contribution in [0.15, 0.2) is 39.6 Å². The number of aryl methyl sites for hydroxylation is 1. The first-order valence-electron chi connectivity index (χ1n) is 5.43. The highest BCUT2D eigenvalue weighted by Gasteiger charge is 2.10. The minimum Gasteiger partial charge on any atom is -0.429 e. The fourth-order valence-corrected chi connectivity index (χ4v) is 2.75. The molecule has 0 saturated carbocycles. The number of aromatic nitrogens is 3. The van der Waals surface area contributed by atoms with E-state index in [0.717, 1.165) is 4.47 Å². The van der Waals surface area contributed by atoms with Gasteiger partial charge in [0.25, 0.3) is 10.8 Å². The van der Waals surface area contributed by atoms with Crippen molar-refractivity contribution in [3.05, 3.63) is 50.9 Å². The third-order valence-electron chi connectivity index (χ3n) is 2.39. The van der Waals surface area contributed by atoms with Crippen LogP contribution in [-0.2, 0) is 0 Å². The Morgan fingerprint density at radius 3 is 2.95 bits per heavy atom. The molecule has 0 unspecified atom stereocenters. The summed E-state index contributed by atoms with van der Waals surface area (Å²) < 4.78 is 7.71. The summed E-state index contributed by atoms with van der Waals surface area (Å²) in [5.74, 6) is 0.645. The van der Waals surface area contributed by atoms with Crippen molar-refractivity contribution in [3.63, 3.8) is 0 Å². The molecular formula is C12H8BrN3O2S. The molecule has 96 valence electrons. The van der Waals surface area contributed by atoms with Gasteiger partial charge in [0.15, 0.2) is 0 Å². The molecule has 3 aromatic rings. The summed E-state index contributed by atoms with van der Waals surface area (Å²) in [6.07, 6.45) is 0. The van der Waals surface area contributed by atoms with Crippen molar-refractivity contribution in [2.45, 2.75) is 6.92 Å². The normalized spacial score (nSPS) is 10.8. The molecule has 2 heterocycles.